The van der Waals surface area contributed by atoms with Gasteiger partial charge in [-0.3, -0.25) is 37.3 Å². The molecule has 0 aliphatic rings. The van der Waals surface area contributed by atoms with Crippen molar-refractivity contribution in [1.82, 2.24) is 0 Å². The summed E-state index contributed by atoms with van der Waals surface area (Å²) in [4.78, 5) is 73.0. The Hall–Kier alpha value is -1.94. The molecule has 5 atom stereocenters. The Kier molecular flexibility index (Phi) is 70.3. The lowest BCUT2D eigenvalue weighted by Gasteiger charge is -2.21. The van der Waals surface area contributed by atoms with E-state index in [4.69, 9.17) is 37.0 Å². The van der Waals surface area contributed by atoms with Crippen LogP contribution in [0.15, 0.2) is 0 Å². The lowest BCUT2D eigenvalue weighted by molar-refractivity contribution is -0.161. The molecule has 17 nitrogen and oxygen atoms in total. The second-order valence-corrected chi connectivity index (χ2v) is 32.7. The number of carbonyl (C=O) groups is 4. The summed E-state index contributed by atoms with van der Waals surface area (Å²) in [6.45, 7) is 9.60. The van der Waals surface area contributed by atoms with E-state index in [1.165, 1.54) is 238 Å². The van der Waals surface area contributed by atoms with Crippen LogP contribution in [-0.4, -0.2) is 96.7 Å². The lowest BCUT2D eigenvalue weighted by atomic mass is 10.0. The van der Waals surface area contributed by atoms with Gasteiger partial charge in [0.1, 0.15) is 19.3 Å². The van der Waals surface area contributed by atoms with Gasteiger partial charge in [0.25, 0.3) is 0 Å². The lowest BCUT2D eigenvalue weighted by Crippen LogP contribution is -2.30. The van der Waals surface area contributed by atoms with Crippen LogP contribution < -0.4 is 0 Å². The van der Waals surface area contributed by atoms with Gasteiger partial charge in [0.2, 0.25) is 0 Å². The molecule has 0 spiro atoms. The average Bonchev–Trinajstić information content (AvgIpc) is 1.06. The van der Waals surface area contributed by atoms with Crippen molar-refractivity contribution in [2.75, 3.05) is 39.6 Å². The fourth-order valence-corrected chi connectivity index (χ4v) is 13.9. The summed E-state index contributed by atoms with van der Waals surface area (Å²) in [6, 6.07) is 0. The largest absolute Gasteiger partial charge is 0.472 e. The van der Waals surface area contributed by atoms with Crippen LogP contribution in [-0.2, 0) is 65.4 Å². The van der Waals surface area contributed by atoms with Crippen molar-refractivity contribution in [3.05, 3.63) is 0 Å². The number of rotatable bonds is 79. The van der Waals surface area contributed by atoms with Gasteiger partial charge in [0.05, 0.1) is 26.4 Å². The van der Waals surface area contributed by atoms with E-state index in [1.54, 1.807) is 0 Å². The number of hydrogen-bond donors (Lipinski definition) is 3. The van der Waals surface area contributed by atoms with Gasteiger partial charge in [0.15, 0.2) is 12.2 Å². The second kappa shape index (κ2) is 71.7. The molecule has 0 aliphatic heterocycles. The van der Waals surface area contributed by atoms with E-state index in [0.29, 0.717) is 25.7 Å². The van der Waals surface area contributed by atoms with E-state index < -0.39 is 97.5 Å². The zero-order valence-corrected chi connectivity index (χ0v) is 66.6. The van der Waals surface area contributed by atoms with Gasteiger partial charge in [0, 0.05) is 25.7 Å². The molecule has 0 aromatic rings. The van der Waals surface area contributed by atoms with E-state index in [1.807, 2.05) is 0 Å². The SMILES string of the molecule is CCCCCCCCCCCCCCCCCCCCCC(=O)O[C@H](COC(=O)CCCCCCCCCCCCCCCCC)COP(=O)(O)OC[C@@H](O)COP(=O)(O)OC[C@@H](COC(=O)CCCCCCCCCCCC(C)C)OC(=O)CCCCCCCCCCCCC(C)C. The molecule has 0 rings (SSSR count). The van der Waals surface area contributed by atoms with E-state index in [2.05, 4.69) is 41.5 Å². The third-order valence-corrected chi connectivity index (χ3v) is 20.6. The molecule has 0 amide bonds. The van der Waals surface area contributed by atoms with Crippen LogP contribution in [0.4, 0.5) is 0 Å². The highest BCUT2D eigenvalue weighted by molar-refractivity contribution is 7.47. The predicted octanol–water partition coefficient (Wildman–Crippen LogP) is 23.9. The highest BCUT2D eigenvalue weighted by Crippen LogP contribution is 2.45. The van der Waals surface area contributed by atoms with Gasteiger partial charge in [-0.25, -0.2) is 9.13 Å². The Morgan fingerprint density at radius 1 is 0.273 bits per heavy atom. The molecule has 0 aromatic carbocycles. The first kappa shape index (κ1) is 97.1. The minimum absolute atomic E-state index is 0.106. The van der Waals surface area contributed by atoms with E-state index in [9.17, 15) is 43.2 Å². The summed E-state index contributed by atoms with van der Waals surface area (Å²) >= 11 is 0. The Bertz CT molecular complexity index is 1910. The molecule has 0 fully saturated rings. The molecule has 2 unspecified atom stereocenters. The standard InChI is InChI=1S/C80H156O17P2/c1-7-9-11-13-15-17-19-21-23-24-25-26-28-30-32-39-46-52-58-64-79(84)96-75(68-90-77(82)62-56-50-44-38-31-29-27-22-20-18-16-14-12-10-8-2)70-94-98(86,87)92-66-74(81)67-93-99(88,89)95-71-76(69-91-78(83)63-57-51-45-41-35-37-43-49-55-61-73(5)6)97-80(85)65-59-53-47-40-34-33-36-42-48-54-60-72(3)4/h72-76,81H,7-71H2,1-6H3,(H,86,87)(H,88,89)/t74-,75-,76-/m1/s1. The first-order valence-electron chi connectivity index (χ1n) is 41.5. The van der Waals surface area contributed by atoms with Gasteiger partial charge >= 0.3 is 39.5 Å². The molecule has 0 saturated heterocycles. The molecule has 99 heavy (non-hydrogen) atoms. The summed E-state index contributed by atoms with van der Waals surface area (Å²) in [5, 5.41) is 10.6. The fraction of sp³-hybridized carbons (Fsp3) is 0.950. The van der Waals surface area contributed by atoms with Crippen molar-refractivity contribution in [3.8, 4) is 0 Å². The molecule has 0 saturated carbocycles. The molecular formula is C80H156O17P2. The number of esters is 4. The number of phosphoric acid groups is 2. The maximum absolute atomic E-state index is 13.1. The van der Waals surface area contributed by atoms with Crippen molar-refractivity contribution in [2.45, 2.75) is 439 Å². The van der Waals surface area contributed by atoms with E-state index >= 15 is 0 Å². The van der Waals surface area contributed by atoms with Gasteiger partial charge < -0.3 is 33.8 Å². The molecule has 588 valence electrons. The van der Waals surface area contributed by atoms with Crippen molar-refractivity contribution >= 4 is 39.5 Å². The molecule has 0 aliphatic carbocycles. The zero-order valence-electron chi connectivity index (χ0n) is 64.8. The summed E-state index contributed by atoms with van der Waals surface area (Å²) in [5.74, 6) is -0.614. The number of phosphoric ester groups is 2. The molecular weight excluding hydrogens is 1290 g/mol. The Morgan fingerprint density at radius 2 is 0.465 bits per heavy atom. The van der Waals surface area contributed by atoms with Crippen LogP contribution in [0.1, 0.15) is 420 Å². The summed E-state index contributed by atoms with van der Waals surface area (Å²) < 4.78 is 68.7. The summed E-state index contributed by atoms with van der Waals surface area (Å²) in [5.41, 5.74) is 0. The molecule has 0 heterocycles. The molecule has 19 heteroatoms. The van der Waals surface area contributed by atoms with Crippen LogP contribution in [0.2, 0.25) is 0 Å². The normalized spacial score (nSPS) is 13.9. The maximum atomic E-state index is 13.1. The third kappa shape index (κ3) is 74.1. The quantitative estimate of drug-likeness (QED) is 0.0222. The number of unbranched alkanes of at least 4 members (excludes halogenated alkanes) is 49. The molecule has 0 aromatic heterocycles. The van der Waals surface area contributed by atoms with Crippen LogP contribution in [0, 0.1) is 11.8 Å². The fourth-order valence-electron chi connectivity index (χ4n) is 12.4. The smallest absolute Gasteiger partial charge is 0.462 e. The Morgan fingerprint density at radius 3 is 0.687 bits per heavy atom. The van der Waals surface area contributed by atoms with Gasteiger partial charge in [-0.15, -0.1) is 0 Å². The topological polar surface area (TPSA) is 237 Å². The number of aliphatic hydroxyl groups is 1. The van der Waals surface area contributed by atoms with Crippen LogP contribution in [0.3, 0.4) is 0 Å². The van der Waals surface area contributed by atoms with Crippen molar-refractivity contribution in [1.29, 1.82) is 0 Å². The number of hydrogen-bond acceptors (Lipinski definition) is 15. The number of carbonyl (C=O) groups excluding carboxylic acids is 4. The Labute approximate surface area is 607 Å². The maximum Gasteiger partial charge on any atom is 0.472 e. The van der Waals surface area contributed by atoms with Gasteiger partial charge in [-0.2, -0.15) is 0 Å². The molecule has 0 bridgehead atoms. The summed E-state index contributed by atoms with van der Waals surface area (Å²) in [7, 11) is -9.92. The molecule has 3 N–H and O–H groups in total. The minimum atomic E-state index is -4.96. The first-order valence-corrected chi connectivity index (χ1v) is 44.5. The van der Waals surface area contributed by atoms with Crippen LogP contribution >= 0.6 is 15.6 Å². The highest BCUT2D eigenvalue weighted by Gasteiger charge is 2.30. The second-order valence-electron chi connectivity index (χ2n) is 29.8. The summed E-state index contributed by atoms with van der Waals surface area (Å²) in [6.07, 6.45) is 61.0. The molecule has 0 radical (unpaired) electrons. The van der Waals surface area contributed by atoms with Crippen molar-refractivity contribution in [3.63, 3.8) is 0 Å². The zero-order chi connectivity index (χ0) is 72.8. The number of ether oxygens (including phenoxy) is 4. The van der Waals surface area contributed by atoms with Crippen molar-refractivity contribution < 1.29 is 80.2 Å². The van der Waals surface area contributed by atoms with Crippen molar-refractivity contribution in [2.24, 2.45) is 11.8 Å². The number of aliphatic hydroxyl groups excluding tert-OH is 1. The predicted molar refractivity (Wildman–Crippen MR) is 405 cm³/mol. The Balaban J connectivity index is 5.25. The van der Waals surface area contributed by atoms with Crippen LogP contribution in [0.5, 0.6) is 0 Å². The minimum Gasteiger partial charge on any atom is -0.462 e. The average molecular weight is 1450 g/mol. The highest BCUT2D eigenvalue weighted by atomic mass is 31.2. The van der Waals surface area contributed by atoms with E-state index in [0.717, 1.165) is 102 Å². The van der Waals surface area contributed by atoms with E-state index in [-0.39, 0.29) is 25.7 Å². The van der Waals surface area contributed by atoms with Gasteiger partial charge in [-0.1, -0.05) is 369 Å². The monoisotopic (exact) mass is 1450 g/mol. The van der Waals surface area contributed by atoms with Crippen LogP contribution in [0.25, 0.3) is 0 Å². The van der Waals surface area contributed by atoms with Gasteiger partial charge in [-0.05, 0) is 37.5 Å². The first-order chi connectivity index (χ1) is 47.9. The third-order valence-electron chi connectivity index (χ3n) is 18.7.